The molecule has 0 bridgehead atoms. The Labute approximate surface area is 144 Å². The predicted molar refractivity (Wildman–Crippen MR) is 99.0 cm³/mol. The Morgan fingerprint density at radius 3 is 2.62 bits per heavy atom. The molecule has 124 valence electrons. The molecule has 1 saturated heterocycles. The van der Waals surface area contributed by atoms with E-state index < -0.39 is 0 Å². The van der Waals surface area contributed by atoms with Gasteiger partial charge >= 0.3 is 0 Å². The summed E-state index contributed by atoms with van der Waals surface area (Å²) in [6.45, 7) is 5.31. The first kappa shape index (κ1) is 15.5. The molecule has 2 aromatic carbocycles. The summed E-state index contributed by atoms with van der Waals surface area (Å²) in [5.41, 5.74) is 5.64. The summed E-state index contributed by atoms with van der Waals surface area (Å²) < 4.78 is 5.90. The molecule has 2 heterocycles. The number of ether oxygens (including phenoxy) is 1. The molecule has 0 amide bonds. The highest BCUT2D eigenvalue weighted by Gasteiger charge is 2.30. The fourth-order valence-electron chi connectivity index (χ4n) is 3.98. The second-order valence-corrected chi connectivity index (χ2v) is 7.03. The van der Waals surface area contributed by atoms with E-state index >= 15 is 0 Å². The first-order valence-electron chi connectivity index (χ1n) is 8.99. The maximum atomic E-state index is 5.90. The molecule has 24 heavy (non-hydrogen) atoms. The van der Waals surface area contributed by atoms with Gasteiger partial charge in [0, 0.05) is 12.6 Å². The molecule has 2 aromatic rings. The van der Waals surface area contributed by atoms with Crippen molar-refractivity contribution in [1.29, 1.82) is 0 Å². The van der Waals surface area contributed by atoms with E-state index in [1.807, 2.05) is 18.2 Å². The molecule has 0 saturated carbocycles. The molecule has 1 fully saturated rings. The molecule has 0 N–H and O–H groups in total. The molecular formula is C22H25NO. The third-order valence-electron chi connectivity index (χ3n) is 5.37. The second-order valence-electron chi connectivity index (χ2n) is 7.03. The molecule has 1 atom stereocenters. The summed E-state index contributed by atoms with van der Waals surface area (Å²) in [4.78, 5) is 2.65. The van der Waals surface area contributed by atoms with Crippen molar-refractivity contribution in [3.63, 3.8) is 0 Å². The number of hydrogen-bond donors (Lipinski definition) is 0. The Bertz CT molecular complexity index is 717. The SMILES string of the molecule is CC1=C(c2ccc(OCc3ccccc3)cc2)CN2CCC[C@H]2C1. The third-order valence-corrected chi connectivity index (χ3v) is 5.37. The molecule has 0 aliphatic carbocycles. The molecule has 2 aliphatic heterocycles. The Hall–Kier alpha value is -2.06. The normalized spacial score (nSPS) is 21.0. The van der Waals surface area contributed by atoms with E-state index in [9.17, 15) is 0 Å². The minimum atomic E-state index is 0.622. The molecule has 2 nitrogen and oxygen atoms in total. The number of fused-ring (bicyclic) bond motifs is 1. The quantitative estimate of drug-likeness (QED) is 0.794. The third kappa shape index (κ3) is 3.25. The maximum absolute atomic E-state index is 5.90. The largest absolute Gasteiger partial charge is 0.489 e. The first-order chi connectivity index (χ1) is 11.8. The lowest BCUT2D eigenvalue weighted by atomic mass is 9.91. The van der Waals surface area contributed by atoms with Crippen molar-refractivity contribution >= 4 is 5.57 Å². The molecule has 0 aromatic heterocycles. The highest BCUT2D eigenvalue weighted by atomic mass is 16.5. The van der Waals surface area contributed by atoms with E-state index in [1.165, 1.54) is 42.5 Å². The van der Waals surface area contributed by atoms with E-state index in [-0.39, 0.29) is 0 Å². The van der Waals surface area contributed by atoms with Crippen molar-refractivity contribution in [3.05, 3.63) is 71.3 Å². The van der Waals surface area contributed by atoms with Gasteiger partial charge in [-0.05, 0) is 61.6 Å². The van der Waals surface area contributed by atoms with Gasteiger partial charge in [-0.25, -0.2) is 0 Å². The van der Waals surface area contributed by atoms with Crippen LogP contribution in [0.3, 0.4) is 0 Å². The summed E-state index contributed by atoms with van der Waals surface area (Å²) in [7, 11) is 0. The summed E-state index contributed by atoms with van der Waals surface area (Å²) >= 11 is 0. The van der Waals surface area contributed by atoms with E-state index in [2.05, 4.69) is 48.2 Å². The highest BCUT2D eigenvalue weighted by Crippen LogP contribution is 2.35. The summed E-state index contributed by atoms with van der Waals surface area (Å²) in [6.07, 6.45) is 3.97. The van der Waals surface area contributed by atoms with E-state index in [4.69, 9.17) is 4.74 Å². The molecule has 0 radical (unpaired) electrons. The zero-order valence-corrected chi connectivity index (χ0v) is 14.4. The van der Waals surface area contributed by atoms with Crippen LogP contribution < -0.4 is 4.74 Å². The van der Waals surface area contributed by atoms with Crippen LogP contribution in [0.2, 0.25) is 0 Å². The van der Waals surface area contributed by atoms with Crippen LogP contribution in [-0.2, 0) is 6.61 Å². The molecule has 0 spiro atoms. The van der Waals surface area contributed by atoms with E-state index in [1.54, 1.807) is 5.57 Å². The number of hydrogen-bond acceptors (Lipinski definition) is 2. The van der Waals surface area contributed by atoms with Crippen LogP contribution in [0.4, 0.5) is 0 Å². The molecule has 0 unspecified atom stereocenters. The van der Waals surface area contributed by atoms with Gasteiger partial charge in [-0.1, -0.05) is 48.0 Å². The number of nitrogens with zero attached hydrogens (tertiary/aromatic N) is 1. The molecule has 2 aliphatic rings. The van der Waals surface area contributed by atoms with Gasteiger partial charge in [-0.2, -0.15) is 0 Å². The average molecular weight is 319 g/mol. The van der Waals surface area contributed by atoms with Crippen molar-refractivity contribution < 1.29 is 4.74 Å². The Morgan fingerprint density at radius 2 is 1.83 bits per heavy atom. The van der Waals surface area contributed by atoms with Gasteiger partial charge in [0.25, 0.3) is 0 Å². The highest BCUT2D eigenvalue weighted by molar-refractivity contribution is 5.71. The van der Waals surface area contributed by atoms with Crippen LogP contribution >= 0.6 is 0 Å². The Kier molecular flexibility index (Phi) is 4.40. The van der Waals surface area contributed by atoms with Crippen molar-refractivity contribution in [2.45, 2.75) is 38.8 Å². The van der Waals surface area contributed by atoms with Gasteiger partial charge < -0.3 is 4.74 Å². The lowest BCUT2D eigenvalue weighted by Gasteiger charge is -2.32. The zero-order chi connectivity index (χ0) is 16.4. The van der Waals surface area contributed by atoms with Gasteiger partial charge in [0.2, 0.25) is 0 Å². The minimum absolute atomic E-state index is 0.622. The van der Waals surface area contributed by atoms with Crippen LogP contribution in [0.25, 0.3) is 5.57 Å². The van der Waals surface area contributed by atoms with Gasteiger partial charge in [0.1, 0.15) is 12.4 Å². The molecular weight excluding hydrogens is 294 g/mol. The Morgan fingerprint density at radius 1 is 1.04 bits per heavy atom. The minimum Gasteiger partial charge on any atom is -0.489 e. The lowest BCUT2D eigenvalue weighted by molar-refractivity contribution is 0.271. The van der Waals surface area contributed by atoms with Crippen molar-refractivity contribution in [3.8, 4) is 5.75 Å². The second kappa shape index (κ2) is 6.82. The van der Waals surface area contributed by atoms with Crippen LogP contribution in [0.1, 0.15) is 37.3 Å². The fraction of sp³-hybridized carbons (Fsp3) is 0.364. The maximum Gasteiger partial charge on any atom is 0.119 e. The number of benzene rings is 2. The lowest BCUT2D eigenvalue weighted by Crippen LogP contribution is -2.34. The predicted octanol–water partition coefficient (Wildman–Crippen LogP) is 4.91. The standard InChI is InChI=1S/C22H25NO/c1-17-14-20-8-5-13-23(20)15-22(17)19-9-11-21(12-10-19)24-16-18-6-3-2-4-7-18/h2-4,6-7,9-12,20H,5,8,13-16H2,1H3/t20-/m0/s1. The van der Waals surface area contributed by atoms with Crippen LogP contribution in [0.5, 0.6) is 5.75 Å². The average Bonchev–Trinajstić information content (AvgIpc) is 3.08. The zero-order valence-electron chi connectivity index (χ0n) is 14.4. The van der Waals surface area contributed by atoms with Gasteiger partial charge in [-0.3, -0.25) is 4.90 Å². The van der Waals surface area contributed by atoms with E-state index in [0.717, 1.165) is 18.3 Å². The van der Waals surface area contributed by atoms with Crippen molar-refractivity contribution in [1.82, 2.24) is 4.90 Å². The van der Waals surface area contributed by atoms with Crippen LogP contribution in [0.15, 0.2) is 60.2 Å². The fourth-order valence-corrected chi connectivity index (χ4v) is 3.98. The topological polar surface area (TPSA) is 12.5 Å². The van der Waals surface area contributed by atoms with Crippen LogP contribution in [0, 0.1) is 0 Å². The smallest absolute Gasteiger partial charge is 0.119 e. The van der Waals surface area contributed by atoms with Crippen molar-refractivity contribution in [2.75, 3.05) is 13.1 Å². The number of rotatable bonds is 4. The molecule has 2 heteroatoms. The first-order valence-corrected chi connectivity index (χ1v) is 8.99. The Balaban J connectivity index is 1.44. The van der Waals surface area contributed by atoms with Gasteiger partial charge in [0.15, 0.2) is 0 Å². The summed E-state index contributed by atoms with van der Waals surface area (Å²) in [5, 5.41) is 0. The monoisotopic (exact) mass is 319 g/mol. The molecule has 4 rings (SSSR count). The van der Waals surface area contributed by atoms with Crippen molar-refractivity contribution in [2.24, 2.45) is 0 Å². The van der Waals surface area contributed by atoms with Crippen LogP contribution in [-0.4, -0.2) is 24.0 Å². The summed E-state index contributed by atoms with van der Waals surface area (Å²) in [6, 6.07) is 19.8. The van der Waals surface area contributed by atoms with E-state index in [0.29, 0.717) is 6.61 Å². The summed E-state index contributed by atoms with van der Waals surface area (Å²) in [5.74, 6) is 0.940. The van der Waals surface area contributed by atoms with Gasteiger partial charge in [0.05, 0.1) is 0 Å². The van der Waals surface area contributed by atoms with Gasteiger partial charge in [-0.15, -0.1) is 0 Å².